The van der Waals surface area contributed by atoms with E-state index < -0.39 is 11.0 Å². The van der Waals surface area contributed by atoms with Crippen LogP contribution in [0, 0.1) is 10.1 Å². The fraction of sp³-hybridized carbons (Fsp3) is 0. The number of halogens is 1. The van der Waals surface area contributed by atoms with Crippen LogP contribution in [0.5, 0.6) is 0 Å². The smallest absolute Gasteiger partial charge is 0.410 e. The molecule has 0 unspecified atom stereocenters. The van der Waals surface area contributed by atoms with Crippen molar-refractivity contribution in [1.82, 2.24) is 9.97 Å². The first kappa shape index (κ1) is 14.9. The molecule has 3 rings (SSSR count). The molecule has 0 aliphatic heterocycles. The molecule has 1 amide bonds. The number of nitro benzene ring substituents is 1. The SMILES string of the molecule is O=C(O)Nc1ncnc2oc(Br)c(-c3ccc([N+](=O)[O-])cc3)c12. The lowest BCUT2D eigenvalue weighted by molar-refractivity contribution is -0.384. The quantitative estimate of drug-likeness (QED) is 0.524. The van der Waals surface area contributed by atoms with Gasteiger partial charge in [0, 0.05) is 17.7 Å². The average molecular weight is 379 g/mol. The van der Waals surface area contributed by atoms with Crippen LogP contribution in [-0.4, -0.2) is 26.1 Å². The molecule has 0 aliphatic rings. The summed E-state index contributed by atoms with van der Waals surface area (Å²) in [5, 5.41) is 22.2. The van der Waals surface area contributed by atoms with E-state index in [9.17, 15) is 14.9 Å². The maximum atomic E-state index is 10.9. The largest absolute Gasteiger partial charge is 0.465 e. The van der Waals surface area contributed by atoms with Gasteiger partial charge in [-0.15, -0.1) is 0 Å². The second-order valence-electron chi connectivity index (χ2n) is 4.39. The summed E-state index contributed by atoms with van der Waals surface area (Å²) in [6, 6.07) is 5.75. The van der Waals surface area contributed by atoms with Crippen molar-refractivity contribution in [1.29, 1.82) is 0 Å². The van der Waals surface area contributed by atoms with Gasteiger partial charge in [-0.25, -0.2) is 14.8 Å². The highest BCUT2D eigenvalue weighted by Gasteiger charge is 2.21. The van der Waals surface area contributed by atoms with Crippen molar-refractivity contribution in [3.63, 3.8) is 0 Å². The molecule has 0 radical (unpaired) electrons. The Bertz CT molecular complexity index is 922. The number of rotatable bonds is 3. The monoisotopic (exact) mass is 378 g/mol. The van der Waals surface area contributed by atoms with E-state index in [2.05, 4.69) is 31.2 Å². The number of non-ortho nitro benzene ring substituents is 1. The molecule has 0 atom stereocenters. The first-order valence-electron chi connectivity index (χ1n) is 6.15. The van der Waals surface area contributed by atoms with Crippen LogP contribution in [0.3, 0.4) is 0 Å². The lowest BCUT2D eigenvalue weighted by atomic mass is 10.1. The van der Waals surface area contributed by atoms with Crippen LogP contribution in [0.25, 0.3) is 22.2 Å². The van der Waals surface area contributed by atoms with E-state index in [1.54, 1.807) is 0 Å². The van der Waals surface area contributed by atoms with Gasteiger partial charge in [-0.3, -0.25) is 15.4 Å². The Morgan fingerprint density at radius 1 is 1.30 bits per heavy atom. The van der Waals surface area contributed by atoms with E-state index in [-0.39, 0.29) is 17.2 Å². The molecule has 1 aromatic carbocycles. The van der Waals surface area contributed by atoms with Gasteiger partial charge in [0.2, 0.25) is 5.71 Å². The summed E-state index contributed by atoms with van der Waals surface area (Å²) in [5.74, 6) is 0.0605. The molecule has 0 spiro atoms. The Morgan fingerprint density at radius 2 is 2.00 bits per heavy atom. The molecule has 0 fully saturated rings. The summed E-state index contributed by atoms with van der Waals surface area (Å²) >= 11 is 3.25. The number of anilines is 1. The van der Waals surface area contributed by atoms with Crippen LogP contribution >= 0.6 is 15.9 Å². The predicted octanol–water partition coefficient (Wildman–Crippen LogP) is 3.65. The van der Waals surface area contributed by atoms with Crippen molar-refractivity contribution in [2.24, 2.45) is 0 Å². The molecule has 10 heteroatoms. The third kappa shape index (κ3) is 2.71. The molecule has 2 aromatic heterocycles. The summed E-state index contributed by atoms with van der Waals surface area (Å²) in [6.45, 7) is 0. The van der Waals surface area contributed by atoms with Crippen LogP contribution in [-0.2, 0) is 0 Å². The third-order valence-electron chi connectivity index (χ3n) is 3.04. The highest BCUT2D eigenvalue weighted by atomic mass is 79.9. The molecule has 0 saturated heterocycles. The second kappa shape index (κ2) is 5.65. The first-order valence-corrected chi connectivity index (χ1v) is 6.94. The van der Waals surface area contributed by atoms with Gasteiger partial charge in [0.1, 0.15) is 6.33 Å². The average Bonchev–Trinajstić information content (AvgIpc) is 2.84. The predicted molar refractivity (Wildman–Crippen MR) is 83.2 cm³/mol. The van der Waals surface area contributed by atoms with Gasteiger partial charge >= 0.3 is 6.09 Å². The number of nitrogens with zero attached hydrogens (tertiary/aromatic N) is 3. The molecule has 2 heterocycles. The van der Waals surface area contributed by atoms with Crippen molar-refractivity contribution < 1.29 is 19.2 Å². The highest BCUT2D eigenvalue weighted by Crippen LogP contribution is 2.40. The summed E-state index contributed by atoms with van der Waals surface area (Å²) in [7, 11) is 0. The van der Waals surface area contributed by atoms with Crippen molar-refractivity contribution in [3.05, 3.63) is 45.4 Å². The Labute approximate surface area is 136 Å². The number of furan rings is 1. The van der Waals surface area contributed by atoms with Crippen molar-refractivity contribution in [2.45, 2.75) is 0 Å². The molecule has 23 heavy (non-hydrogen) atoms. The Hall–Kier alpha value is -3.01. The van der Waals surface area contributed by atoms with E-state index in [1.807, 2.05) is 0 Å². The van der Waals surface area contributed by atoms with Crippen molar-refractivity contribution in [2.75, 3.05) is 5.32 Å². The maximum Gasteiger partial charge on any atom is 0.410 e. The normalized spacial score (nSPS) is 10.7. The molecule has 0 saturated carbocycles. The second-order valence-corrected chi connectivity index (χ2v) is 5.11. The Kier molecular flexibility index (Phi) is 3.66. The van der Waals surface area contributed by atoms with Crippen LogP contribution in [0.1, 0.15) is 0 Å². The van der Waals surface area contributed by atoms with Gasteiger partial charge in [-0.1, -0.05) is 0 Å². The first-order chi connectivity index (χ1) is 11.0. The number of fused-ring (bicyclic) bond motifs is 1. The Balaban J connectivity index is 2.21. The van der Waals surface area contributed by atoms with Crippen molar-refractivity contribution >= 4 is 44.6 Å². The van der Waals surface area contributed by atoms with Gasteiger partial charge in [-0.2, -0.15) is 0 Å². The number of amides is 1. The number of hydrogen-bond donors (Lipinski definition) is 2. The summed E-state index contributed by atoms with van der Waals surface area (Å²) in [4.78, 5) is 29.0. The topological polar surface area (TPSA) is 131 Å². The minimum absolute atomic E-state index is 0.0576. The number of carboxylic acid groups (broad SMARTS) is 1. The van der Waals surface area contributed by atoms with Gasteiger partial charge < -0.3 is 9.52 Å². The summed E-state index contributed by atoms with van der Waals surface area (Å²) in [5.41, 5.74) is 1.21. The van der Waals surface area contributed by atoms with Crippen LogP contribution in [0.15, 0.2) is 39.7 Å². The number of carbonyl (C=O) groups is 1. The zero-order chi connectivity index (χ0) is 16.6. The molecule has 0 bridgehead atoms. The van der Waals surface area contributed by atoms with Crippen LogP contribution < -0.4 is 5.32 Å². The lowest BCUT2D eigenvalue weighted by Gasteiger charge is -2.03. The molecular weight excluding hydrogens is 372 g/mol. The van der Waals surface area contributed by atoms with Gasteiger partial charge in [0.25, 0.3) is 5.69 Å². The standard InChI is InChI=1S/C13H7BrN4O5/c14-10-8(6-1-3-7(4-2-6)18(21)22)9-11(17-13(19)20)15-5-16-12(9)23-10/h1-5H,(H,19,20)(H,15,16,17). The maximum absolute atomic E-state index is 10.9. The zero-order valence-corrected chi connectivity index (χ0v) is 12.8. The molecule has 2 N–H and O–H groups in total. The van der Waals surface area contributed by atoms with Crippen LogP contribution in [0.2, 0.25) is 0 Å². The van der Waals surface area contributed by atoms with E-state index in [1.165, 1.54) is 30.6 Å². The fourth-order valence-electron chi connectivity index (χ4n) is 2.11. The Morgan fingerprint density at radius 3 is 2.61 bits per heavy atom. The van der Waals surface area contributed by atoms with E-state index >= 15 is 0 Å². The fourth-order valence-corrected chi connectivity index (χ4v) is 2.69. The molecule has 3 aromatic rings. The lowest BCUT2D eigenvalue weighted by Crippen LogP contribution is -2.09. The van der Waals surface area contributed by atoms with Gasteiger partial charge in [0.15, 0.2) is 10.5 Å². The molecule has 0 aliphatic carbocycles. The van der Waals surface area contributed by atoms with E-state index in [0.717, 1.165) is 0 Å². The number of nitro groups is 1. The zero-order valence-electron chi connectivity index (χ0n) is 11.2. The number of nitrogens with one attached hydrogen (secondary N) is 1. The number of hydrogen-bond acceptors (Lipinski definition) is 6. The molecular formula is C13H7BrN4O5. The number of aromatic nitrogens is 2. The van der Waals surface area contributed by atoms with Gasteiger partial charge in [0.05, 0.1) is 10.3 Å². The van der Waals surface area contributed by atoms with Crippen LogP contribution in [0.4, 0.5) is 16.3 Å². The molecule has 116 valence electrons. The minimum Gasteiger partial charge on any atom is -0.465 e. The van der Waals surface area contributed by atoms with Gasteiger partial charge in [-0.05, 0) is 33.6 Å². The summed E-state index contributed by atoms with van der Waals surface area (Å²) < 4.78 is 5.77. The molecule has 9 nitrogen and oxygen atoms in total. The minimum atomic E-state index is -1.28. The van der Waals surface area contributed by atoms with E-state index in [4.69, 9.17) is 9.52 Å². The summed E-state index contributed by atoms with van der Waals surface area (Å²) in [6.07, 6.45) is -0.111. The highest BCUT2D eigenvalue weighted by molar-refractivity contribution is 9.10. The third-order valence-corrected chi connectivity index (χ3v) is 3.60. The van der Waals surface area contributed by atoms with Crippen molar-refractivity contribution in [3.8, 4) is 11.1 Å². The van der Waals surface area contributed by atoms with E-state index in [0.29, 0.717) is 21.2 Å². The number of benzene rings is 1.